The Morgan fingerprint density at radius 1 is 1.32 bits per heavy atom. The molecule has 0 fully saturated rings. The molecule has 1 heterocycles. The number of amides is 1. The molecule has 0 saturated heterocycles. The monoisotopic (exact) mass is 258 g/mol. The smallest absolute Gasteiger partial charge is 0.225 e. The van der Waals surface area contributed by atoms with Gasteiger partial charge in [0.1, 0.15) is 11.6 Å². The zero-order chi connectivity index (χ0) is 13.7. The number of rotatable bonds is 4. The fraction of sp³-hybridized carbons (Fsp3) is 0.200. The van der Waals surface area contributed by atoms with E-state index in [9.17, 15) is 9.18 Å². The molecule has 3 nitrogen and oxygen atoms in total. The zero-order valence-electron chi connectivity index (χ0n) is 10.7. The Kier molecular flexibility index (Phi) is 4.23. The highest BCUT2D eigenvalue weighted by Crippen LogP contribution is 2.11. The number of hydrogen-bond acceptors (Lipinski definition) is 2. The van der Waals surface area contributed by atoms with Gasteiger partial charge in [0.25, 0.3) is 0 Å². The number of aromatic nitrogens is 1. The van der Waals surface area contributed by atoms with E-state index < -0.39 is 0 Å². The Bertz CT molecular complexity index is 584. The van der Waals surface area contributed by atoms with E-state index in [-0.39, 0.29) is 11.7 Å². The minimum absolute atomic E-state index is 0.119. The van der Waals surface area contributed by atoms with Crippen LogP contribution in [0, 0.1) is 12.7 Å². The second-order valence-electron chi connectivity index (χ2n) is 4.35. The fourth-order valence-electron chi connectivity index (χ4n) is 1.76. The van der Waals surface area contributed by atoms with Crippen LogP contribution in [0.25, 0.3) is 0 Å². The van der Waals surface area contributed by atoms with Crippen molar-refractivity contribution in [3.8, 4) is 0 Å². The normalized spacial score (nSPS) is 10.2. The Labute approximate surface area is 111 Å². The van der Waals surface area contributed by atoms with Crippen LogP contribution in [0.2, 0.25) is 0 Å². The molecule has 1 aromatic heterocycles. The van der Waals surface area contributed by atoms with Crippen molar-refractivity contribution in [1.82, 2.24) is 4.98 Å². The van der Waals surface area contributed by atoms with Crippen LogP contribution >= 0.6 is 0 Å². The van der Waals surface area contributed by atoms with Crippen LogP contribution in [0.4, 0.5) is 10.2 Å². The van der Waals surface area contributed by atoms with Crippen LogP contribution in [0.1, 0.15) is 17.5 Å². The lowest BCUT2D eigenvalue weighted by molar-refractivity contribution is -0.116. The van der Waals surface area contributed by atoms with E-state index in [1.807, 2.05) is 25.1 Å². The first-order chi connectivity index (χ1) is 9.15. The molecule has 0 aliphatic rings. The lowest BCUT2D eigenvalue weighted by Gasteiger charge is -2.06. The number of pyridine rings is 1. The lowest BCUT2D eigenvalue weighted by Crippen LogP contribution is -2.14. The molecule has 0 bridgehead atoms. The molecule has 19 heavy (non-hydrogen) atoms. The molecule has 98 valence electrons. The largest absolute Gasteiger partial charge is 0.310 e. The van der Waals surface area contributed by atoms with Crippen molar-refractivity contribution in [3.05, 3.63) is 59.5 Å². The molecule has 4 heteroatoms. The van der Waals surface area contributed by atoms with E-state index >= 15 is 0 Å². The number of nitrogens with one attached hydrogen (secondary N) is 1. The first-order valence-electron chi connectivity index (χ1n) is 6.11. The van der Waals surface area contributed by atoms with Gasteiger partial charge in [-0.15, -0.1) is 0 Å². The number of aryl methyl sites for hydroxylation is 2. The van der Waals surface area contributed by atoms with Crippen LogP contribution in [-0.4, -0.2) is 10.9 Å². The highest BCUT2D eigenvalue weighted by atomic mass is 19.1. The van der Waals surface area contributed by atoms with E-state index in [0.717, 1.165) is 11.1 Å². The van der Waals surface area contributed by atoms with Gasteiger partial charge in [-0.2, -0.15) is 0 Å². The van der Waals surface area contributed by atoms with Gasteiger partial charge >= 0.3 is 0 Å². The van der Waals surface area contributed by atoms with Crippen molar-refractivity contribution >= 4 is 11.7 Å². The summed E-state index contributed by atoms with van der Waals surface area (Å²) in [6.45, 7) is 1.88. The van der Waals surface area contributed by atoms with Gasteiger partial charge in [0.2, 0.25) is 5.91 Å². The Hall–Kier alpha value is -2.23. The number of anilines is 1. The number of carbonyl (C=O) groups is 1. The van der Waals surface area contributed by atoms with Crippen molar-refractivity contribution in [1.29, 1.82) is 0 Å². The third-order valence-electron chi connectivity index (χ3n) is 2.80. The lowest BCUT2D eigenvalue weighted by atomic mass is 10.1. The number of hydrogen-bond donors (Lipinski definition) is 1. The molecule has 1 amide bonds. The van der Waals surface area contributed by atoms with Gasteiger partial charge in [0.15, 0.2) is 0 Å². The summed E-state index contributed by atoms with van der Waals surface area (Å²) >= 11 is 0. The molecular formula is C15H15FN2O. The quantitative estimate of drug-likeness (QED) is 0.915. The van der Waals surface area contributed by atoms with E-state index in [1.165, 1.54) is 12.1 Å². The SMILES string of the molecule is Cc1cccnc1NC(=O)CCc1cccc(F)c1. The summed E-state index contributed by atoms with van der Waals surface area (Å²) in [7, 11) is 0. The van der Waals surface area contributed by atoms with Gasteiger partial charge in [0, 0.05) is 12.6 Å². The van der Waals surface area contributed by atoms with Crippen molar-refractivity contribution < 1.29 is 9.18 Å². The maximum atomic E-state index is 13.0. The van der Waals surface area contributed by atoms with Crippen LogP contribution in [0.5, 0.6) is 0 Å². The van der Waals surface area contributed by atoms with Gasteiger partial charge < -0.3 is 5.32 Å². The number of halogens is 1. The average molecular weight is 258 g/mol. The predicted molar refractivity (Wildman–Crippen MR) is 72.3 cm³/mol. The Balaban J connectivity index is 1.90. The predicted octanol–water partition coefficient (Wildman–Crippen LogP) is 3.10. The summed E-state index contributed by atoms with van der Waals surface area (Å²) in [5.74, 6) is 0.177. The van der Waals surface area contributed by atoms with Crippen LogP contribution < -0.4 is 5.32 Å². The molecule has 0 aliphatic carbocycles. The molecule has 0 saturated carbocycles. The molecule has 2 aromatic rings. The average Bonchev–Trinajstić information content (AvgIpc) is 2.39. The third kappa shape index (κ3) is 3.88. The van der Waals surface area contributed by atoms with E-state index in [1.54, 1.807) is 12.3 Å². The Morgan fingerprint density at radius 3 is 2.89 bits per heavy atom. The van der Waals surface area contributed by atoms with Crippen LogP contribution in [-0.2, 0) is 11.2 Å². The van der Waals surface area contributed by atoms with Crippen molar-refractivity contribution in [2.24, 2.45) is 0 Å². The van der Waals surface area contributed by atoms with E-state index in [2.05, 4.69) is 10.3 Å². The molecule has 1 aromatic carbocycles. The molecule has 0 spiro atoms. The highest BCUT2D eigenvalue weighted by molar-refractivity contribution is 5.90. The Morgan fingerprint density at radius 2 is 2.16 bits per heavy atom. The summed E-state index contributed by atoms with van der Waals surface area (Å²) in [6.07, 6.45) is 2.45. The topological polar surface area (TPSA) is 42.0 Å². The second-order valence-corrected chi connectivity index (χ2v) is 4.35. The maximum absolute atomic E-state index is 13.0. The molecule has 0 radical (unpaired) electrons. The first-order valence-corrected chi connectivity index (χ1v) is 6.11. The highest BCUT2D eigenvalue weighted by Gasteiger charge is 2.06. The molecular weight excluding hydrogens is 243 g/mol. The third-order valence-corrected chi connectivity index (χ3v) is 2.80. The van der Waals surface area contributed by atoms with Gasteiger partial charge in [-0.1, -0.05) is 18.2 Å². The van der Waals surface area contributed by atoms with Gasteiger partial charge in [-0.3, -0.25) is 4.79 Å². The molecule has 0 atom stereocenters. The molecule has 0 unspecified atom stereocenters. The van der Waals surface area contributed by atoms with E-state index in [4.69, 9.17) is 0 Å². The molecule has 2 rings (SSSR count). The second kappa shape index (κ2) is 6.09. The number of benzene rings is 1. The van der Waals surface area contributed by atoms with Crippen LogP contribution in [0.15, 0.2) is 42.6 Å². The molecule has 1 N–H and O–H groups in total. The molecule has 0 aliphatic heterocycles. The van der Waals surface area contributed by atoms with Gasteiger partial charge in [-0.25, -0.2) is 9.37 Å². The number of carbonyl (C=O) groups excluding carboxylic acids is 1. The maximum Gasteiger partial charge on any atom is 0.225 e. The first kappa shape index (κ1) is 13.2. The van der Waals surface area contributed by atoms with Gasteiger partial charge in [0.05, 0.1) is 0 Å². The minimum atomic E-state index is -0.279. The van der Waals surface area contributed by atoms with Crippen LogP contribution in [0.3, 0.4) is 0 Å². The van der Waals surface area contributed by atoms with Crippen molar-refractivity contribution in [2.75, 3.05) is 5.32 Å². The minimum Gasteiger partial charge on any atom is -0.310 e. The van der Waals surface area contributed by atoms with Crippen molar-refractivity contribution in [3.63, 3.8) is 0 Å². The van der Waals surface area contributed by atoms with E-state index in [0.29, 0.717) is 18.7 Å². The summed E-state index contributed by atoms with van der Waals surface area (Å²) in [5, 5.41) is 2.75. The van der Waals surface area contributed by atoms with Crippen molar-refractivity contribution in [2.45, 2.75) is 19.8 Å². The summed E-state index contributed by atoms with van der Waals surface area (Å²) in [5.41, 5.74) is 1.73. The fourth-order valence-corrected chi connectivity index (χ4v) is 1.76. The standard InChI is InChI=1S/C15H15FN2O/c1-11-4-3-9-17-15(11)18-14(19)8-7-12-5-2-6-13(16)10-12/h2-6,9-10H,7-8H2,1H3,(H,17,18,19). The summed E-state index contributed by atoms with van der Waals surface area (Å²) in [6, 6.07) is 9.99. The number of nitrogens with zero attached hydrogens (tertiary/aromatic N) is 1. The van der Waals surface area contributed by atoms with Gasteiger partial charge in [-0.05, 0) is 42.7 Å². The summed E-state index contributed by atoms with van der Waals surface area (Å²) in [4.78, 5) is 15.9. The summed E-state index contributed by atoms with van der Waals surface area (Å²) < 4.78 is 13.0. The zero-order valence-corrected chi connectivity index (χ0v) is 10.7.